The molecule has 2 atom stereocenters. The number of methoxy groups -OCH3 is 1. The number of aryl methyl sites for hydroxylation is 1. The maximum atomic E-state index is 13.7. The van der Waals surface area contributed by atoms with Gasteiger partial charge in [-0.05, 0) is 73.7 Å². The van der Waals surface area contributed by atoms with Crippen LogP contribution in [0.2, 0.25) is 0 Å². The Kier molecular flexibility index (Phi) is 11.1. The summed E-state index contributed by atoms with van der Waals surface area (Å²) in [6, 6.07) is 20.3. The lowest BCUT2D eigenvalue weighted by atomic mass is 9.99. The molecule has 0 radical (unpaired) electrons. The van der Waals surface area contributed by atoms with Crippen LogP contribution in [0.5, 0.6) is 5.75 Å². The van der Waals surface area contributed by atoms with Gasteiger partial charge in [0.05, 0.1) is 29.8 Å². The first-order chi connectivity index (χ1) is 21.0. The van der Waals surface area contributed by atoms with Gasteiger partial charge in [0.25, 0.3) is 5.91 Å². The number of hydrogen-bond donors (Lipinski definition) is 3. The highest BCUT2D eigenvalue weighted by Crippen LogP contribution is 2.26. The average molecular weight is 637 g/mol. The lowest BCUT2D eigenvalue weighted by Crippen LogP contribution is -2.51. The summed E-state index contributed by atoms with van der Waals surface area (Å²) in [4.78, 5) is 18.3. The molecule has 9 nitrogen and oxygen atoms in total. The Balaban J connectivity index is 1.60. The summed E-state index contributed by atoms with van der Waals surface area (Å²) in [5.41, 5.74) is 3.73. The molecule has 0 aliphatic heterocycles. The minimum Gasteiger partial charge on any atom is -0.497 e. The number of anilines is 2. The molecule has 0 bridgehead atoms. The molecule has 11 heteroatoms. The molecule has 0 unspecified atom stereocenters. The number of aromatic nitrogens is 1. The van der Waals surface area contributed by atoms with E-state index in [0.29, 0.717) is 17.7 Å². The number of aliphatic hydroxyl groups excluding tert-OH is 1. The molecule has 234 valence electrons. The first-order valence-corrected chi connectivity index (χ1v) is 16.8. The van der Waals surface area contributed by atoms with Crippen LogP contribution in [0.4, 0.5) is 10.8 Å². The van der Waals surface area contributed by atoms with Gasteiger partial charge in [-0.15, -0.1) is 11.3 Å². The van der Waals surface area contributed by atoms with Crippen LogP contribution in [0.15, 0.2) is 83.1 Å². The van der Waals surface area contributed by atoms with E-state index in [0.717, 1.165) is 27.6 Å². The molecule has 3 aromatic carbocycles. The molecule has 0 spiro atoms. The largest absolute Gasteiger partial charge is 0.497 e. The van der Waals surface area contributed by atoms with Gasteiger partial charge in [-0.2, -0.15) is 4.31 Å². The topological polar surface area (TPSA) is 121 Å². The van der Waals surface area contributed by atoms with Crippen LogP contribution in [-0.2, 0) is 16.4 Å². The summed E-state index contributed by atoms with van der Waals surface area (Å²) < 4.78 is 33.9. The monoisotopic (exact) mass is 636 g/mol. The van der Waals surface area contributed by atoms with Crippen molar-refractivity contribution in [3.8, 4) is 5.75 Å². The van der Waals surface area contributed by atoms with E-state index in [1.165, 1.54) is 34.9 Å². The lowest BCUT2D eigenvalue weighted by Gasteiger charge is -2.31. The SMILES string of the molecule is COc1ccc(S(=O)(=O)N(CC(C)C)C[C@@H](O)[C@H](Cc2ccccc2)NC(=O)c2cccc(Nc3nc(C)cs3)c2C)cc1. The van der Waals surface area contributed by atoms with Crippen LogP contribution >= 0.6 is 11.3 Å². The fourth-order valence-electron chi connectivity index (χ4n) is 4.85. The molecule has 4 rings (SSSR count). The van der Waals surface area contributed by atoms with E-state index in [2.05, 4.69) is 15.6 Å². The molecule has 3 N–H and O–H groups in total. The summed E-state index contributed by atoms with van der Waals surface area (Å²) in [7, 11) is -2.44. The number of nitrogens with one attached hydrogen (secondary N) is 2. The predicted octanol–water partition coefficient (Wildman–Crippen LogP) is 5.56. The molecular formula is C33H40N4O5S2. The van der Waals surface area contributed by atoms with E-state index < -0.39 is 22.2 Å². The third kappa shape index (κ3) is 8.44. The fraction of sp³-hybridized carbons (Fsp3) is 0.333. The highest BCUT2D eigenvalue weighted by molar-refractivity contribution is 7.89. The Morgan fingerprint density at radius 2 is 1.70 bits per heavy atom. The molecule has 1 heterocycles. The number of rotatable bonds is 14. The number of sulfonamides is 1. The van der Waals surface area contributed by atoms with Crippen molar-refractivity contribution in [2.45, 2.75) is 51.2 Å². The lowest BCUT2D eigenvalue weighted by molar-refractivity contribution is 0.0775. The van der Waals surface area contributed by atoms with E-state index in [1.807, 2.05) is 69.5 Å². The Morgan fingerprint density at radius 3 is 2.32 bits per heavy atom. The van der Waals surface area contributed by atoms with Gasteiger partial charge in [-0.25, -0.2) is 13.4 Å². The van der Waals surface area contributed by atoms with Gasteiger partial charge in [0.1, 0.15) is 5.75 Å². The Morgan fingerprint density at radius 1 is 1.00 bits per heavy atom. The zero-order valence-corrected chi connectivity index (χ0v) is 27.3. The molecule has 1 aromatic heterocycles. The van der Waals surface area contributed by atoms with Gasteiger partial charge >= 0.3 is 0 Å². The van der Waals surface area contributed by atoms with Crippen molar-refractivity contribution in [2.24, 2.45) is 5.92 Å². The van der Waals surface area contributed by atoms with Crippen molar-refractivity contribution in [3.63, 3.8) is 0 Å². The van der Waals surface area contributed by atoms with Gasteiger partial charge in [0, 0.05) is 29.7 Å². The molecule has 1 amide bonds. The Bertz CT molecular complexity index is 1640. The molecule has 0 saturated carbocycles. The summed E-state index contributed by atoms with van der Waals surface area (Å²) in [5, 5.41) is 20.6. The van der Waals surface area contributed by atoms with Crippen molar-refractivity contribution in [2.75, 3.05) is 25.5 Å². The smallest absolute Gasteiger partial charge is 0.251 e. The van der Waals surface area contributed by atoms with E-state index in [9.17, 15) is 18.3 Å². The Hall–Kier alpha value is -3.77. The second kappa shape index (κ2) is 14.8. The summed E-state index contributed by atoms with van der Waals surface area (Å²) >= 11 is 1.48. The fourth-order valence-corrected chi connectivity index (χ4v) is 7.17. The third-order valence-electron chi connectivity index (χ3n) is 7.18. The van der Waals surface area contributed by atoms with Gasteiger partial charge in [-0.3, -0.25) is 4.79 Å². The van der Waals surface area contributed by atoms with Crippen LogP contribution in [-0.4, -0.2) is 61.1 Å². The van der Waals surface area contributed by atoms with Crippen molar-refractivity contribution >= 4 is 38.1 Å². The molecule has 0 fully saturated rings. The van der Waals surface area contributed by atoms with E-state index >= 15 is 0 Å². The van der Waals surface area contributed by atoms with Crippen LogP contribution in [0, 0.1) is 19.8 Å². The molecule has 0 aliphatic carbocycles. The Labute approximate surface area is 264 Å². The number of thiazole rings is 1. The molecule has 4 aromatic rings. The quantitative estimate of drug-likeness (QED) is 0.166. The van der Waals surface area contributed by atoms with Crippen LogP contribution in [0.1, 0.15) is 41.0 Å². The maximum absolute atomic E-state index is 13.7. The number of ether oxygens (including phenoxy) is 1. The standard InChI is InChI=1S/C33H40N4O5S2/c1-22(2)19-37(44(40,41)27-16-14-26(42-5)15-17-27)20-31(38)30(18-25-10-7-6-8-11-25)35-32(39)28-12-9-13-29(24(28)4)36-33-34-23(3)21-43-33/h6-17,21-22,30-31,38H,18-20H2,1-5H3,(H,34,36)(H,35,39)/t30-,31+/m0/s1. The minimum atomic E-state index is -3.95. The molecular weight excluding hydrogens is 597 g/mol. The number of hydrogen-bond acceptors (Lipinski definition) is 8. The normalized spacial score (nSPS) is 13.1. The molecule has 0 saturated heterocycles. The minimum absolute atomic E-state index is 0.00287. The van der Waals surface area contributed by atoms with E-state index in [-0.39, 0.29) is 29.8 Å². The van der Waals surface area contributed by atoms with Gasteiger partial charge < -0.3 is 20.5 Å². The van der Waals surface area contributed by atoms with Crippen molar-refractivity contribution in [3.05, 3.63) is 101 Å². The first kappa shape index (κ1) is 33.1. The van der Waals surface area contributed by atoms with Crippen LogP contribution < -0.4 is 15.4 Å². The van der Waals surface area contributed by atoms with E-state index in [1.54, 1.807) is 24.3 Å². The number of nitrogens with zero attached hydrogens (tertiary/aromatic N) is 2. The molecule has 44 heavy (non-hydrogen) atoms. The highest BCUT2D eigenvalue weighted by Gasteiger charge is 2.32. The number of aliphatic hydroxyl groups is 1. The second-order valence-electron chi connectivity index (χ2n) is 11.1. The van der Waals surface area contributed by atoms with Gasteiger partial charge in [-0.1, -0.05) is 50.2 Å². The van der Waals surface area contributed by atoms with Crippen LogP contribution in [0.25, 0.3) is 0 Å². The van der Waals surface area contributed by atoms with Gasteiger partial charge in [0.15, 0.2) is 5.13 Å². The zero-order valence-electron chi connectivity index (χ0n) is 25.7. The number of benzene rings is 3. The average Bonchev–Trinajstić information content (AvgIpc) is 3.42. The number of carbonyl (C=O) groups excluding carboxylic acids is 1. The van der Waals surface area contributed by atoms with Crippen LogP contribution in [0.3, 0.4) is 0 Å². The van der Waals surface area contributed by atoms with E-state index in [4.69, 9.17) is 4.74 Å². The zero-order chi connectivity index (χ0) is 31.9. The van der Waals surface area contributed by atoms with Crippen molar-refractivity contribution < 1.29 is 23.1 Å². The van der Waals surface area contributed by atoms with Crippen molar-refractivity contribution in [1.29, 1.82) is 0 Å². The molecule has 0 aliphatic rings. The summed E-state index contributed by atoms with van der Waals surface area (Å²) in [6.45, 7) is 7.61. The summed E-state index contributed by atoms with van der Waals surface area (Å²) in [6.07, 6.45) is -0.896. The predicted molar refractivity (Wildman–Crippen MR) is 175 cm³/mol. The third-order valence-corrected chi connectivity index (χ3v) is 9.90. The second-order valence-corrected chi connectivity index (χ2v) is 13.9. The summed E-state index contributed by atoms with van der Waals surface area (Å²) in [5.74, 6) is 0.174. The number of carbonyl (C=O) groups is 1. The maximum Gasteiger partial charge on any atom is 0.251 e. The highest BCUT2D eigenvalue weighted by atomic mass is 32.2. The first-order valence-electron chi connectivity index (χ1n) is 14.4. The van der Waals surface area contributed by atoms with Gasteiger partial charge in [0.2, 0.25) is 10.0 Å². The van der Waals surface area contributed by atoms with Crippen molar-refractivity contribution in [1.82, 2.24) is 14.6 Å². The number of amides is 1.